The number of amides is 1. The number of carbonyl (C=O) groups is 2. The van der Waals surface area contributed by atoms with E-state index in [1.165, 1.54) is 6.21 Å². The van der Waals surface area contributed by atoms with Gasteiger partial charge in [0.2, 0.25) is 0 Å². The molecular formula is C30H26N2O5. The molecule has 1 atom stereocenters. The van der Waals surface area contributed by atoms with Crippen molar-refractivity contribution >= 4 is 18.1 Å². The summed E-state index contributed by atoms with van der Waals surface area (Å²) in [5.74, 6) is 0.832. The van der Waals surface area contributed by atoms with Gasteiger partial charge in [-0.2, -0.15) is 5.10 Å². The third-order valence-electron chi connectivity index (χ3n) is 5.24. The largest absolute Gasteiger partial charge is 0.489 e. The Labute approximate surface area is 215 Å². The first-order valence-electron chi connectivity index (χ1n) is 11.7. The SMILES string of the molecule is C[C@@H](Oc1ccc(OCc2ccccc2)cc1)C(=O)N/N=C\c1ccc(OC(=O)c2ccccc2)cc1. The molecule has 4 aromatic rings. The quantitative estimate of drug-likeness (QED) is 0.138. The minimum absolute atomic E-state index is 0.394. The van der Waals surface area contributed by atoms with Gasteiger partial charge in [0.25, 0.3) is 5.91 Å². The molecule has 186 valence electrons. The van der Waals surface area contributed by atoms with Crippen molar-refractivity contribution in [3.05, 3.63) is 126 Å². The van der Waals surface area contributed by atoms with E-state index in [0.29, 0.717) is 29.4 Å². The fourth-order valence-corrected chi connectivity index (χ4v) is 3.24. The van der Waals surface area contributed by atoms with Crippen molar-refractivity contribution in [3.8, 4) is 17.2 Å². The zero-order valence-electron chi connectivity index (χ0n) is 20.2. The van der Waals surface area contributed by atoms with Gasteiger partial charge in [0.05, 0.1) is 11.8 Å². The highest BCUT2D eigenvalue weighted by Gasteiger charge is 2.14. The van der Waals surface area contributed by atoms with Crippen molar-refractivity contribution in [2.24, 2.45) is 5.10 Å². The molecule has 0 saturated carbocycles. The van der Waals surface area contributed by atoms with Crippen LogP contribution in [0.25, 0.3) is 0 Å². The molecule has 0 aliphatic heterocycles. The predicted octanol–water partition coefficient (Wildman–Crippen LogP) is 5.40. The van der Waals surface area contributed by atoms with Crippen LogP contribution in [0.1, 0.15) is 28.4 Å². The maximum Gasteiger partial charge on any atom is 0.343 e. The first-order chi connectivity index (χ1) is 18.1. The molecule has 0 aromatic heterocycles. The minimum atomic E-state index is -0.756. The van der Waals surface area contributed by atoms with Crippen molar-refractivity contribution in [3.63, 3.8) is 0 Å². The average molecular weight is 495 g/mol. The van der Waals surface area contributed by atoms with E-state index >= 15 is 0 Å². The van der Waals surface area contributed by atoms with Gasteiger partial charge in [0, 0.05) is 0 Å². The summed E-state index contributed by atoms with van der Waals surface area (Å²) in [5, 5.41) is 3.98. The Morgan fingerprint density at radius 1 is 0.784 bits per heavy atom. The number of ether oxygens (including phenoxy) is 3. The van der Waals surface area contributed by atoms with Gasteiger partial charge >= 0.3 is 5.97 Å². The van der Waals surface area contributed by atoms with Crippen LogP contribution < -0.4 is 19.6 Å². The van der Waals surface area contributed by atoms with E-state index in [-0.39, 0.29) is 0 Å². The number of hydrazone groups is 1. The first kappa shape index (κ1) is 25.2. The fraction of sp³-hybridized carbons (Fsp3) is 0.100. The van der Waals surface area contributed by atoms with Gasteiger partial charge in [-0.1, -0.05) is 48.5 Å². The molecule has 0 heterocycles. The summed E-state index contributed by atoms with van der Waals surface area (Å²) >= 11 is 0. The molecule has 0 aliphatic carbocycles. The Morgan fingerprint density at radius 3 is 2.05 bits per heavy atom. The summed E-state index contributed by atoms with van der Waals surface area (Å²) in [6, 6.07) is 32.5. The Hall–Kier alpha value is -4.91. The third-order valence-corrected chi connectivity index (χ3v) is 5.24. The predicted molar refractivity (Wildman–Crippen MR) is 141 cm³/mol. The Morgan fingerprint density at radius 2 is 1.38 bits per heavy atom. The van der Waals surface area contributed by atoms with E-state index in [0.717, 1.165) is 11.1 Å². The Kier molecular flexibility index (Phi) is 8.64. The molecule has 0 fully saturated rings. The van der Waals surface area contributed by atoms with Crippen LogP contribution in [0.3, 0.4) is 0 Å². The first-order valence-corrected chi connectivity index (χ1v) is 11.7. The number of nitrogens with zero attached hydrogens (tertiary/aromatic N) is 1. The van der Waals surface area contributed by atoms with Crippen molar-refractivity contribution < 1.29 is 23.8 Å². The molecule has 0 saturated heterocycles. The van der Waals surface area contributed by atoms with Crippen LogP contribution in [0.2, 0.25) is 0 Å². The third kappa shape index (κ3) is 7.80. The molecule has 4 rings (SSSR count). The molecule has 0 unspecified atom stereocenters. The monoisotopic (exact) mass is 494 g/mol. The lowest BCUT2D eigenvalue weighted by Gasteiger charge is -2.13. The summed E-state index contributed by atoms with van der Waals surface area (Å²) in [4.78, 5) is 24.5. The average Bonchev–Trinajstić information content (AvgIpc) is 2.94. The van der Waals surface area contributed by atoms with E-state index < -0.39 is 18.0 Å². The van der Waals surface area contributed by atoms with E-state index in [1.54, 1.807) is 79.7 Å². The second-order valence-electron chi connectivity index (χ2n) is 8.06. The second-order valence-corrected chi connectivity index (χ2v) is 8.06. The maximum atomic E-state index is 12.3. The molecule has 4 aromatic carbocycles. The number of benzene rings is 4. The van der Waals surface area contributed by atoms with Gasteiger partial charge in [-0.15, -0.1) is 0 Å². The topological polar surface area (TPSA) is 86.2 Å². The highest BCUT2D eigenvalue weighted by Crippen LogP contribution is 2.20. The van der Waals surface area contributed by atoms with Gasteiger partial charge in [-0.3, -0.25) is 4.79 Å². The number of hydrogen-bond acceptors (Lipinski definition) is 6. The number of carbonyl (C=O) groups excluding carboxylic acids is 2. The van der Waals surface area contributed by atoms with Crippen molar-refractivity contribution in [1.29, 1.82) is 0 Å². The fourth-order valence-electron chi connectivity index (χ4n) is 3.24. The van der Waals surface area contributed by atoms with Crippen LogP contribution in [0.15, 0.2) is 114 Å². The molecule has 0 bridgehead atoms. The van der Waals surface area contributed by atoms with Crippen molar-refractivity contribution in [2.75, 3.05) is 0 Å². The van der Waals surface area contributed by atoms with Gasteiger partial charge in [-0.25, -0.2) is 10.2 Å². The second kappa shape index (κ2) is 12.7. The zero-order chi connectivity index (χ0) is 25.9. The standard InChI is InChI=1S/C30H26N2O5/c1-22(36-27-18-16-26(17-19-27)35-21-24-8-4-2-5-9-24)29(33)32-31-20-23-12-14-28(15-13-23)37-30(34)25-10-6-3-7-11-25/h2-20,22H,21H2,1H3,(H,32,33)/b31-20-/t22-/m1/s1. The Balaban J connectivity index is 1.21. The molecule has 7 nitrogen and oxygen atoms in total. The van der Waals surface area contributed by atoms with Crippen LogP contribution in [0, 0.1) is 0 Å². The van der Waals surface area contributed by atoms with Crippen LogP contribution in [0.4, 0.5) is 0 Å². The van der Waals surface area contributed by atoms with E-state index in [1.807, 2.05) is 36.4 Å². The molecule has 0 radical (unpaired) electrons. The summed E-state index contributed by atoms with van der Waals surface area (Å²) in [7, 11) is 0. The molecule has 1 amide bonds. The molecule has 0 spiro atoms. The number of nitrogens with one attached hydrogen (secondary N) is 1. The lowest BCUT2D eigenvalue weighted by atomic mass is 10.2. The number of esters is 1. The summed E-state index contributed by atoms with van der Waals surface area (Å²) in [5.41, 5.74) is 4.74. The highest BCUT2D eigenvalue weighted by molar-refractivity contribution is 5.91. The van der Waals surface area contributed by atoms with Crippen LogP contribution in [0.5, 0.6) is 17.2 Å². The number of hydrogen-bond donors (Lipinski definition) is 1. The van der Waals surface area contributed by atoms with Crippen LogP contribution in [-0.2, 0) is 11.4 Å². The molecule has 0 aliphatic rings. The van der Waals surface area contributed by atoms with Crippen molar-refractivity contribution in [2.45, 2.75) is 19.6 Å². The summed E-state index contributed by atoms with van der Waals surface area (Å²) in [6.45, 7) is 2.11. The van der Waals surface area contributed by atoms with Crippen LogP contribution >= 0.6 is 0 Å². The maximum absolute atomic E-state index is 12.3. The van der Waals surface area contributed by atoms with Crippen LogP contribution in [-0.4, -0.2) is 24.2 Å². The lowest BCUT2D eigenvalue weighted by molar-refractivity contribution is -0.127. The summed E-state index contributed by atoms with van der Waals surface area (Å²) < 4.78 is 16.8. The molecular weight excluding hydrogens is 468 g/mol. The zero-order valence-corrected chi connectivity index (χ0v) is 20.2. The van der Waals surface area contributed by atoms with Gasteiger partial charge < -0.3 is 14.2 Å². The van der Waals surface area contributed by atoms with E-state index in [9.17, 15) is 9.59 Å². The minimum Gasteiger partial charge on any atom is -0.489 e. The smallest absolute Gasteiger partial charge is 0.343 e. The highest BCUT2D eigenvalue weighted by atomic mass is 16.5. The van der Waals surface area contributed by atoms with E-state index in [2.05, 4.69) is 10.5 Å². The lowest BCUT2D eigenvalue weighted by Crippen LogP contribution is -2.33. The summed E-state index contributed by atoms with van der Waals surface area (Å²) in [6.07, 6.45) is 0.736. The molecule has 1 N–H and O–H groups in total. The molecule has 7 heteroatoms. The molecule has 37 heavy (non-hydrogen) atoms. The Bertz CT molecular complexity index is 1320. The van der Waals surface area contributed by atoms with Gasteiger partial charge in [0.15, 0.2) is 6.10 Å². The van der Waals surface area contributed by atoms with Crippen molar-refractivity contribution in [1.82, 2.24) is 5.43 Å². The normalized spacial score (nSPS) is 11.5. The number of rotatable bonds is 10. The van der Waals surface area contributed by atoms with E-state index in [4.69, 9.17) is 14.2 Å². The van der Waals surface area contributed by atoms with Gasteiger partial charge in [0.1, 0.15) is 23.9 Å². The van der Waals surface area contributed by atoms with Gasteiger partial charge in [-0.05, 0) is 78.7 Å².